The van der Waals surface area contributed by atoms with Crippen LogP contribution in [-0.4, -0.2) is 34.0 Å². The maximum absolute atomic E-state index is 13.3. The fourth-order valence-electron chi connectivity index (χ4n) is 3.77. The number of nitrogens with zero attached hydrogens (tertiary/aromatic N) is 1. The highest BCUT2D eigenvalue weighted by atomic mass is 35.5. The van der Waals surface area contributed by atoms with Gasteiger partial charge in [-0.1, -0.05) is 41.9 Å². The van der Waals surface area contributed by atoms with E-state index in [4.69, 9.17) is 26.2 Å². The van der Waals surface area contributed by atoms with Gasteiger partial charge < -0.3 is 19.7 Å². The number of rotatable bonds is 7. The summed E-state index contributed by atoms with van der Waals surface area (Å²) in [4.78, 5) is 11.0. The number of carboxylic acids is 1. The third kappa shape index (κ3) is 3.78. The van der Waals surface area contributed by atoms with E-state index in [2.05, 4.69) is 0 Å². The van der Waals surface area contributed by atoms with Gasteiger partial charge in [-0.25, -0.2) is 0 Å². The van der Waals surface area contributed by atoms with E-state index in [1.54, 1.807) is 43.3 Å². The summed E-state index contributed by atoms with van der Waals surface area (Å²) >= 11 is 6.37. The van der Waals surface area contributed by atoms with E-state index in [9.17, 15) is 18.7 Å². The van der Waals surface area contributed by atoms with Crippen molar-refractivity contribution in [3.63, 3.8) is 0 Å². The largest absolute Gasteiger partial charge is 0.494 e. The average molecular weight is 462 g/mol. The first kappa shape index (κ1) is 21.7. The molecule has 9 heteroatoms. The van der Waals surface area contributed by atoms with Crippen molar-refractivity contribution in [3.05, 3.63) is 59.2 Å². The number of aliphatic carboxylic acids is 1. The van der Waals surface area contributed by atoms with Crippen LogP contribution in [0.25, 0.3) is 27.2 Å². The lowest BCUT2D eigenvalue weighted by molar-refractivity contribution is -0.136. The van der Waals surface area contributed by atoms with E-state index in [1.807, 2.05) is 0 Å². The first-order valence-electron chi connectivity index (χ1n) is 9.68. The number of alkyl halides is 2. The normalized spacial score (nSPS) is 11.4. The molecule has 1 aromatic heterocycles. The second kappa shape index (κ2) is 8.55. The lowest BCUT2D eigenvalue weighted by atomic mass is 10.0. The van der Waals surface area contributed by atoms with Crippen LogP contribution in [0.4, 0.5) is 8.78 Å². The SMILES string of the molecule is CCOc1c2ccccc2c(OC(F)F)c2cn(-c3ccc(CC(=O)O)cc3Cl)c(O)c12. The smallest absolute Gasteiger partial charge is 0.387 e. The Bertz CT molecular complexity index is 1340. The van der Waals surface area contributed by atoms with Gasteiger partial charge in [-0.05, 0) is 24.6 Å². The predicted molar refractivity (Wildman–Crippen MR) is 117 cm³/mol. The van der Waals surface area contributed by atoms with Crippen molar-refractivity contribution in [2.75, 3.05) is 6.61 Å². The Morgan fingerprint density at radius 2 is 1.81 bits per heavy atom. The molecule has 0 fully saturated rings. The Morgan fingerprint density at radius 1 is 1.12 bits per heavy atom. The Morgan fingerprint density at radius 3 is 2.41 bits per heavy atom. The summed E-state index contributed by atoms with van der Waals surface area (Å²) < 4.78 is 38.5. The van der Waals surface area contributed by atoms with Crippen LogP contribution >= 0.6 is 11.6 Å². The summed E-state index contributed by atoms with van der Waals surface area (Å²) in [5, 5.41) is 21.6. The Hall–Kier alpha value is -3.52. The van der Waals surface area contributed by atoms with Gasteiger partial charge in [-0.3, -0.25) is 9.36 Å². The predicted octanol–water partition coefficient (Wildman–Crippen LogP) is 5.77. The molecule has 0 amide bonds. The Balaban J connectivity index is 2.03. The van der Waals surface area contributed by atoms with Gasteiger partial charge in [0.15, 0.2) is 0 Å². The van der Waals surface area contributed by atoms with Gasteiger partial charge in [0.05, 0.1) is 34.5 Å². The first-order chi connectivity index (χ1) is 15.3. The molecule has 0 aliphatic rings. The molecule has 166 valence electrons. The maximum atomic E-state index is 13.3. The average Bonchev–Trinajstić information content (AvgIpc) is 3.07. The van der Waals surface area contributed by atoms with Crippen molar-refractivity contribution in [2.45, 2.75) is 20.0 Å². The van der Waals surface area contributed by atoms with Crippen LogP contribution in [0.5, 0.6) is 17.4 Å². The molecule has 0 atom stereocenters. The molecule has 0 bridgehead atoms. The number of aromatic hydroxyl groups is 1. The van der Waals surface area contributed by atoms with Crippen LogP contribution in [0.3, 0.4) is 0 Å². The van der Waals surface area contributed by atoms with Crippen LogP contribution in [0.2, 0.25) is 5.02 Å². The standard InChI is InChI=1S/C23H18ClF2NO5/c1-2-31-21-14-6-4-3-5-13(14)20(32-23(25)26)15-11-27(22(30)19(15)21)17-8-7-12(9-16(17)24)10-18(28)29/h3-9,11,23,30H,2,10H2,1H3,(H,28,29). The molecule has 4 rings (SSSR count). The summed E-state index contributed by atoms with van der Waals surface area (Å²) in [5.74, 6) is -1.05. The molecule has 0 saturated heterocycles. The quantitative estimate of drug-likeness (QED) is 0.365. The molecule has 0 spiro atoms. The van der Waals surface area contributed by atoms with E-state index in [0.717, 1.165) is 0 Å². The van der Waals surface area contributed by atoms with Crippen molar-refractivity contribution >= 4 is 39.1 Å². The van der Waals surface area contributed by atoms with Crippen LogP contribution in [0.1, 0.15) is 12.5 Å². The van der Waals surface area contributed by atoms with Gasteiger partial charge >= 0.3 is 12.6 Å². The minimum atomic E-state index is -3.08. The minimum Gasteiger partial charge on any atom is -0.494 e. The first-order valence-corrected chi connectivity index (χ1v) is 10.1. The van der Waals surface area contributed by atoms with Crippen LogP contribution in [-0.2, 0) is 11.2 Å². The molecule has 32 heavy (non-hydrogen) atoms. The highest BCUT2D eigenvalue weighted by Gasteiger charge is 2.25. The molecule has 1 heterocycles. The zero-order valence-corrected chi connectivity index (χ0v) is 17.6. The van der Waals surface area contributed by atoms with E-state index >= 15 is 0 Å². The number of benzene rings is 3. The number of carboxylic acid groups (broad SMARTS) is 1. The highest BCUT2D eigenvalue weighted by molar-refractivity contribution is 6.32. The van der Waals surface area contributed by atoms with Crippen molar-refractivity contribution in [2.24, 2.45) is 0 Å². The van der Waals surface area contributed by atoms with Crippen LogP contribution < -0.4 is 9.47 Å². The van der Waals surface area contributed by atoms with Gasteiger partial charge in [0.2, 0.25) is 5.88 Å². The highest BCUT2D eigenvalue weighted by Crippen LogP contribution is 2.48. The molecule has 0 unspecified atom stereocenters. The summed E-state index contributed by atoms with van der Waals surface area (Å²) in [7, 11) is 0. The number of hydrogen-bond acceptors (Lipinski definition) is 4. The van der Waals surface area contributed by atoms with Gasteiger partial charge in [0, 0.05) is 17.0 Å². The molecular weight excluding hydrogens is 444 g/mol. The number of fused-ring (bicyclic) bond motifs is 2. The number of halogens is 3. The molecule has 0 saturated carbocycles. The van der Waals surface area contributed by atoms with Crippen molar-refractivity contribution in [3.8, 4) is 23.1 Å². The second-order valence-electron chi connectivity index (χ2n) is 6.98. The fourth-order valence-corrected chi connectivity index (χ4v) is 4.07. The third-order valence-corrected chi connectivity index (χ3v) is 5.29. The summed E-state index contributed by atoms with van der Waals surface area (Å²) in [6.07, 6.45) is 1.22. The van der Waals surface area contributed by atoms with Gasteiger partial charge in [-0.15, -0.1) is 0 Å². The zero-order valence-electron chi connectivity index (χ0n) is 16.8. The topological polar surface area (TPSA) is 80.9 Å². The molecule has 0 aliphatic heterocycles. The molecular formula is C23H18ClF2NO5. The number of carbonyl (C=O) groups is 1. The second-order valence-corrected chi connectivity index (χ2v) is 7.39. The molecule has 0 aliphatic carbocycles. The lowest BCUT2D eigenvalue weighted by Gasteiger charge is -2.14. The van der Waals surface area contributed by atoms with Crippen molar-refractivity contribution < 1.29 is 33.3 Å². The van der Waals surface area contributed by atoms with Crippen LogP contribution in [0, 0.1) is 0 Å². The van der Waals surface area contributed by atoms with Gasteiger partial charge in [0.25, 0.3) is 0 Å². The number of hydrogen-bond donors (Lipinski definition) is 2. The zero-order chi connectivity index (χ0) is 23.0. The number of ether oxygens (including phenoxy) is 2. The van der Waals surface area contributed by atoms with Crippen molar-refractivity contribution in [1.82, 2.24) is 4.57 Å². The number of aromatic nitrogens is 1. The third-order valence-electron chi connectivity index (χ3n) is 4.99. The van der Waals surface area contributed by atoms with Crippen LogP contribution in [0.15, 0.2) is 48.7 Å². The van der Waals surface area contributed by atoms with Gasteiger partial charge in [0.1, 0.15) is 11.5 Å². The maximum Gasteiger partial charge on any atom is 0.387 e. The van der Waals surface area contributed by atoms with Crippen molar-refractivity contribution in [1.29, 1.82) is 0 Å². The van der Waals surface area contributed by atoms with E-state index in [0.29, 0.717) is 27.8 Å². The minimum absolute atomic E-state index is 0.0956. The molecule has 3 aromatic carbocycles. The Labute approximate surface area is 186 Å². The Kier molecular flexibility index (Phi) is 5.80. The lowest BCUT2D eigenvalue weighted by Crippen LogP contribution is -2.03. The van der Waals surface area contributed by atoms with Gasteiger partial charge in [-0.2, -0.15) is 8.78 Å². The molecule has 0 radical (unpaired) electrons. The molecule has 2 N–H and O–H groups in total. The fraction of sp³-hybridized carbons (Fsp3) is 0.174. The van der Waals surface area contributed by atoms with E-state index in [1.165, 1.54) is 16.8 Å². The molecule has 6 nitrogen and oxygen atoms in total. The van der Waals surface area contributed by atoms with E-state index < -0.39 is 12.6 Å². The monoisotopic (exact) mass is 461 g/mol. The summed E-state index contributed by atoms with van der Waals surface area (Å²) in [6.45, 7) is -1.02. The summed E-state index contributed by atoms with van der Waals surface area (Å²) in [6, 6.07) is 11.3. The van der Waals surface area contributed by atoms with E-state index in [-0.39, 0.29) is 40.5 Å². The molecule has 4 aromatic rings. The summed E-state index contributed by atoms with van der Waals surface area (Å²) in [5.41, 5.74) is 0.814.